The van der Waals surface area contributed by atoms with Crippen LogP contribution in [0.1, 0.15) is 50.4 Å². The number of carbonyl (C=O) groups excluding carboxylic acids is 2. The van der Waals surface area contributed by atoms with Crippen molar-refractivity contribution >= 4 is 11.9 Å². The minimum Gasteiger partial charge on any atom is -0.545 e. The van der Waals surface area contributed by atoms with E-state index in [9.17, 15) is 14.7 Å². The summed E-state index contributed by atoms with van der Waals surface area (Å²) in [4.78, 5) is 26.8. The third-order valence-corrected chi connectivity index (χ3v) is 5.56. The van der Waals surface area contributed by atoms with Gasteiger partial charge < -0.3 is 19.7 Å². The van der Waals surface area contributed by atoms with Gasteiger partial charge in [0.25, 0.3) is 5.91 Å². The molecule has 1 N–H and O–H groups in total. The first-order chi connectivity index (χ1) is 12.9. The van der Waals surface area contributed by atoms with Crippen molar-refractivity contribution < 1.29 is 19.6 Å². The molecule has 1 saturated heterocycles. The van der Waals surface area contributed by atoms with Crippen molar-refractivity contribution in [2.45, 2.75) is 26.8 Å². The Labute approximate surface area is 160 Å². The molecule has 0 aromatic heterocycles. The summed E-state index contributed by atoms with van der Waals surface area (Å²) in [5, 5.41) is 10.8. The molecule has 1 aliphatic rings. The smallest absolute Gasteiger partial charge is 0.254 e. The zero-order valence-corrected chi connectivity index (χ0v) is 16.1. The van der Waals surface area contributed by atoms with Gasteiger partial charge in [-0.15, -0.1) is 0 Å². The van der Waals surface area contributed by atoms with E-state index in [2.05, 4.69) is 39.0 Å². The molecule has 1 fully saturated rings. The average molecular weight is 366 g/mol. The lowest BCUT2D eigenvalue weighted by molar-refractivity contribution is -0.933. The van der Waals surface area contributed by atoms with E-state index in [4.69, 9.17) is 0 Å². The van der Waals surface area contributed by atoms with Gasteiger partial charge >= 0.3 is 0 Å². The molecule has 1 aliphatic heterocycles. The summed E-state index contributed by atoms with van der Waals surface area (Å²) in [6.45, 7) is 9.72. The molecule has 1 amide bonds. The summed E-state index contributed by atoms with van der Waals surface area (Å²) in [7, 11) is 0. The molecule has 1 heterocycles. The number of aryl methyl sites for hydroxylation is 2. The number of hydrogen-bond donors (Lipinski definition) is 1. The number of carboxylic acids is 1. The average Bonchev–Trinajstić information content (AvgIpc) is 2.67. The Morgan fingerprint density at radius 1 is 1.00 bits per heavy atom. The van der Waals surface area contributed by atoms with E-state index >= 15 is 0 Å². The number of quaternary nitrogens is 1. The maximum atomic E-state index is 12.7. The lowest BCUT2D eigenvalue weighted by Gasteiger charge is -2.36. The molecule has 5 nitrogen and oxygen atoms in total. The normalized spacial score (nSPS) is 16.2. The molecule has 0 saturated carbocycles. The van der Waals surface area contributed by atoms with Crippen LogP contribution in [-0.2, 0) is 0 Å². The van der Waals surface area contributed by atoms with Crippen LogP contribution in [0.5, 0.6) is 0 Å². The van der Waals surface area contributed by atoms with E-state index in [1.807, 2.05) is 4.90 Å². The molecule has 1 atom stereocenters. The van der Waals surface area contributed by atoms with Crippen LogP contribution in [0.4, 0.5) is 0 Å². The predicted octanol–water partition coefficient (Wildman–Crippen LogP) is 0.769. The highest BCUT2D eigenvalue weighted by Crippen LogP contribution is 2.17. The van der Waals surface area contributed by atoms with Gasteiger partial charge in [0, 0.05) is 11.1 Å². The summed E-state index contributed by atoms with van der Waals surface area (Å²) in [6.07, 6.45) is 0. The molecule has 0 unspecified atom stereocenters. The summed E-state index contributed by atoms with van der Waals surface area (Å²) >= 11 is 0. The van der Waals surface area contributed by atoms with Crippen LogP contribution >= 0.6 is 0 Å². The lowest BCUT2D eigenvalue weighted by Crippen LogP contribution is -3.14. The number of rotatable bonds is 4. The van der Waals surface area contributed by atoms with Gasteiger partial charge in [-0.3, -0.25) is 4.79 Å². The highest BCUT2D eigenvalue weighted by molar-refractivity contribution is 5.95. The van der Waals surface area contributed by atoms with Crippen molar-refractivity contribution in [2.24, 2.45) is 0 Å². The van der Waals surface area contributed by atoms with Crippen LogP contribution in [0.3, 0.4) is 0 Å². The van der Waals surface area contributed by atoms with E-state index in [0.717, 1.165) is 13.1 Å². The Kier molecular flexibility index (Phi) is 5.61. The van der Waals surface area contributed by atoms with Gasteiger partial charge in [-0.05, 0) is 44.0 Å². The van der Waals surface area contributed by atoms with E-state index < -0.39 is 5.97 Å². The van der Waals surface area contributed by atoms with Crippen molar-refractivity contribution in [2.75, 3.05) is 26.2 Å². The number of nitrogens with one attached hydrogen (secondary N) is 1. The highest BCUT2D eigenvalue weighted by atomic mass is 16.4. The Balaban J connectivity index is 1.62. The van der Waals surface area contributed by atoms with E-state index in [1.54, 1.807) is 12.1 Å². The van der Waals surface area contributed by atoms with Gasteiger partial charge in [-0.1, -0.05) is 35.9 Å². The molecule has 5 heteroatoms. The molecular formula is C22H26N2O3. The molecule has 0 aliphatic carbocycles. The van der Waals surface area contributed by atoms with Crippen LogP contribution in [0.2, 0.25) is 0 Å². The number of piperazine rings is 1. The van der Waals surface area contributed by atoms with Crippen molar-refractivity contribution in [3.05, 3.63) is 70.3 Å². The summed E-state index contributed by atoms with van der Waals surface area (Å²) in [5.41, 5.74) is 4.57. The van der Waals surface area contributed by atoms with Gasteiger partial charge in [0.15, 0.2) is 0 Å². The Bertz CT molecular complexity index is 837. The minimum absolute atomic E-state index is 0.0434. The molecule has 0 bridgehead atoms. The van der Waals surface area contributed by atoms with E-state index in [1.165, 1.54) is 33.7 Å². The number of carboxylic acid groups (broad SMARTS) is 1. The molecule has 3 rings (SSSR count). The van der Waals surface area contributed by atoms with Crippen LogP contribution in [0, 0.1) is 13.8 Å². The molecule has 2 aromatic rings. The van der Waals surface area contributed by atoms with Crippen molar-refractivity contribution in [3.63, 3.8) is 0 Å². The summed E-state index contributed by atoms with van der Waals surface area (Å²) < 4.78 is 0. The van der Waals surface area contributed by atoms with Crippen molar-refractivity contribution in [3.8, 4) is 0 Å². The quantitative estimate of drug-likeness (QED) is 0.869. The van der Waals surface area contributed by atoms with Crippen LogP contribution in [0.15, 0.2) is 42.5 Å². The molecular weight excluding hydrogens is 340 g/mol. The third kappa shape index (κ3) is 4.19. The van der Waals surface area contributed by atoms with Gasteiger partial charge in [0.05, 0.1) is 32.1 Å². The van der Waals surface area contributed by atoms with Gasteiger partial charge in [-0.2, -0.15) is 0 Å². The number of aromatic carboxylic acids is 1. The first-order valence-electron chi connectivity index (χ1n) is 9.39. The first kappa shape index (κ1) is 19.1. The lowest BCUT2D eigenvalue weighted by atomic mass is 9.98. The largest absolute Gasteiger partial charge is 0.545 e. The fourth-order valence-electron chi connectivity index (χ4n) is 3.89. The summed E-state index contributed by atoms with van der Waals surface area (Å²) in [5.74, 6) is -1.27. The Morgan fingerprint density at radius 2 is 1.59 bits per heavy atom. The second kappa shape index (κ2) is 7.92. The Morgan fingerprint density at radius 3 is 2.15 bits per heavy atom. The molecule has 27 heavy (non-hydrogen) atoms. The monoisotopic (exact) mass is 366 g/mol. The van der Waals surface area contributed by atoms with Crippen LogP contribution in [-0.4, -0.2) is 43.0 Å². The number of hydrogen-bond acceptors (Lipinski definition) is 3. The third-order valence-electron chi connectivity index (χ3n) is 5.56. The maximum Gasteiger partial charge on any atom is 0.254 e. The maximum absolute atomic E-state index is 12.7. The SMILES string of the molecule is Cc1ccc([C@@H](C)[NH+]2CCN(C(=O)c3ccc(C(=O)[O-])cc3)CC2)c(C)c1. The second-order valence-corrected chi connectivity index (χ2v) is 7.40. The molecule has 142 valence electrons. The van der Waals surface area contributed by atoms with Crippen LogP contribution < -0.4 is 10.0 Å². The standard InChI is InChI=1S/C22H26N2O3/c1-15-4-9-20(16(2)14-15)17(3)23-10-12-24(13-11-23)21(25)18-5-7-19(8-6-18)22(26)27/h4-9,14,17H,10-13H2,1-3H3,(H,26,27)/t17-/m1/s1. The second-order valence-electron chi connectivity index (χ2n) is 7.40. The zero-order valence-electron chi connectivity index (χ0n) is 16.1. The van der Waals surface area contributed by atoms with Gasteiger partial charge in [0.1, 0.15) is 6.04 Å². The number of benzene rings is 2. The van der Waals surface area contributed by atoms with Crippen molar-refractivity contribution in [1.29, 1.82) is 0 Å². The van der Waals surface area contributed by atoms with Gasteiger partial charge in [0.2, 0.25) is 0 Å². The Hall–Kier alpha value is -2.66. The van der Waals surface area contributed by atoms with Crippen molar-refractivity contribution in [1.82, 2.24) is 4.90 Å². The summed E-state index contributed by atoms with van der Waals surface area (Å²) in [6, 6.07) is 13.0. The number of nitrogens with zero attached hydrogens (tertiary/aromatic N) is 1. The fourth-order valence-corrected chi connectivity index (χ4v) is 3.89. The first-order valence-corrected chi connectivity index (χ1v) is 9.39. The van der Waals surface area contributed by atoms with Crippen LogP contribution in [0.25, 0.3) is 0 Å². The minimum atomic E-state index is -1.23. The topological polar surface area (TPSA) is 64.9 Å². The number of amides is 1. The fraction of sp³-hybridized carbons (Fsp3) is 0.364. The van der Waals surface area contributed by atoms with E-state index in [-0.39, 0.29) is 11.5 Å². The zero-order chi connectivity index (χ0) is 19.6. The highest BCUT2D eigenvalue weighted by Gasteiger charge is 2.28. The molecule has 0 spiro atoms. The van der Waals surface area contributed by atoms with Gasteiger partial charge in [-0.25, -0.2) is 0 Å². The molecule has 2 aromatic carbocycles. The van der Waals surface area contributed by atoms with E-state index in [0.29, 0.717) is 24.7 Å². The molecule has 0 radical (unpaired) electrons. The predicted molar refractivity (Wildman–Crippen MR) is 102 cm³/mol. The number of carbonyl (C=O) groups is 2.